The van der Waals surface area contributed by atoms with Crippen LogP contribution < -0.4 is 5.73 Å². The minimum absolute atomic E-state index is 0.0933. The average Bonchev–Trinajstić information content (AvgIpc) is 2.08. The Morgan fingerprint density at radius 1 is 1.33 bits per heavy atom. The molecule has 0 saturated carbocycles. The van der Waals surface area contributed by atoms with Crippen LogP contribution in [0.25, 0.3) is 0 Å². The molecule has 0 spiro atoms. The quantitative estimate of drug-likeness (QED) is 0.792. The molecule has 0 aliphatic carbocycles. The minimum Gasteiger partial charge on any atom is -0.320 e. The van der Waals surface area contributed by atoms with Gasteiger partial charge in [-0.25, -0.2) is 4.39 Å². The van der Waals surface area contributed by atoms with Crippen molar-refractivity contribution in [3.8, 4) is 0 Å². The van der Waals surface area contributed by atoms with Crippen LogP contribution in [0.1, 0.15) is 5.56 Å². The van der Waals surface area contributed by atoms with Gasteiger partial charge in [0.05, 0.1) is 0 Å². The molecular weight excluding hydrogens is 234 g/mol. The highest BCUT2D eigenvalue weighted by Crippen LogP contribution is 2.23. The summed E-state index contributed by atoms with van der Waals surface area (Å²) in [6, 6.07) is 1.42. The van der Waals surface area contributed by atoms with Crippen molar-refractivity contribution in [2.45, 2.75) is 18.6 Å². The highest BCUT2D eigenvalue weighted by molar-refractivity contribution is 6.30. The summed E-state index contributed by atoms with van der Waals surface area (Å²) in [5, 5.41) is 0.136. The highest BCUT2D eigenvalue weighted by Gasteiger charge is 2.36. The van der Waals surface area contributed by atoms with Crippen molar-refractivity contribution < 1.29 is 17.6 Å². The Labute approximate surface area is 88.8 Å². The first-order chi connectivity index (χ1) is 6.80. The Morgan fingerprint density at radius 2 is 1.93 bits per heavy atom. The molecule has 2 N–H and O–H groups in total. The maximum Gasteiger partial charge on any atom is 0.403 e. The number of benzene rings is 1. The SMILES string of the molecule is NC(Cc1ccc(Cl)cc1F)C(F)(F)F. The predicted molar refractivity (Wildman–Crippen MR) is 49.1 cm³/mol. The number of alkyl halides is 3. The number of hydrogen-bond donors (Lipinski definition) is 1. The van der Waals surface area contributed by atoms with Crippen LogP contribution in [0.5, 0.6) is 0 Å². The van der Waals surface area contributed by atoms with Gasteiger partial charge in [0.15, 0.2) is 0 Å². The van der Waals surface area contributed by atoms with Gasteiger partial charge in [-0.2, -0.15) is 13.2 Å². The van der Waals surface area contributed by atoms with Gasteiger partial charge >= 0.3 is 6.18 Å². The molecule has 1 rings (SSSR count). The largest absolute Gasteiger partial charge is 0.403 e. The third kappa shape index (κ3) is 3.35. The number of hydrogen-bond acceptors (Lipinski definition) is 1. The Kier molecular flexibility index (Phi) is 3.57. The summed E-state index contributed by atoms with van der Waals surface area (Å²) in [6.45, 7) is 0. The van der Waals surface area contributed by atoms with E-state index in [2.05, 4.69) is 0 Å². The van der Waals surface area contributed by atoms with Crippen LogP contribution in [0.2, 0.25) is 5.02 Å². The Bertz CT molecular complexity index is 350. The molecule has 0 aliphatic heterocycles. The van der Waals surface area contributed by atoms with Crippen molar-refractivity contribution in [1.29, 1.82) is 0 Å². The zero-order valence-electron chi connectivity index (χ0n) is 7.48. The van der Waals surface area contributed by atoms with E-state index >= 15 is 0 Å². The van der Waals surface area contributed by atoms with Crippen LogP contribution in [0.4, 0.5) is 17.6 Å². The van der Waals surface area contributed by atoms with Gasteiger partial charge < -0.3 is 5.73 Å². The third-order valence-electron chi connectivity index (χ3n) is 1.88. The summed E-state index contributed by atoms with van der Waals surface area (Å²) >= 11 is 5.45. The average molecular weight is 242 g/mol. The third-order valence-corrected chi connectivity index (χ3v) is 2.11. The molecule has 0 bridgehead atoms. The lowest BCUT2D eigenvalue weighted by atomic mass is 10.1. The molecule has 1 aromatic carbocycles. The van der Waals surface area contributed by atoms with Crippen molar-refractivity contribution in [2.75, 3.05) is 0 Å². The Morgan fingerprint density at radius 3 is 2.40 bits per heavy atom. The first-order valence-electron chi connectivity index (χ1n) is 4.07. The maximum absolute atomic E-state index is 13.1. The predicted octanol–water partition coefficient (Wildman–Crippen LogP) is 2.91. The molecule has 0 heterocycles. The minimum atomic E-state index is -4.52. The molecule has 1 nitrogen and oxygen atoms in total. The summed E-state index contributed by atoms with van der Waals surface area (Å²) in [6.07, 6.45) is -5.11. The number of nitrogens with two attached hydrogens (primary N) is 1. The number of halogens is 5. The molecule has 0 radical (unpaired) electrons. The summed E-state index contributed by atoms with van der Waals surface area (Å²) in [4.78, 5) is 0. The molecule has 1 aromatic rings. The smallest absolute Gasteiger partial charge is 0.320 e. The molecule has 84 valence electrons. The molecular formula is C9H8ClF4N. The molecule has 0 aliphatic rings. The van der Waals surface area contributed by atoms with Crippen LogP contribution in [0, 0.1) is 5.82 Å². The van der Waals surface area contributed by atoms with Crippen molar-refractivity contribution in [1.82, 2.24) is 0 Å². The van der Waals surface area contributed by atoms with Gasteiger partial charge in [-0.05, 0) is 24.1 Å². The van der Waals surface area contributed by atoms with Gasteiger partial charge in [-0.1, -0.05) is 17.7 Å². The van der Waals surface area contributed by atoms with Crippen molar-refractivity contribution in [3.63, 3.8) is 0 Å². The highest BCUT2D eigenvalue weighted by atomic mass is 35.5. The topological polar surface area (TPSA) is 26.0 Å². The standard InChI is InChI=1S/C9H8ClF4N/c10-6-2-1-5(7(11)4-6)3-8(15)9(12,13)14/h1-2,4,8H,3,15H2. The van der Waals surface area contributed by atoms with E-state index in [4.69, 9.17) is 17.3 Å². The van der Waals surface area contributed by atoms with E-state index in [0.717, 1.165) is 6.07 Å². The van der Waals surface area contributed by atoms with Gasteiger partial charge in [0, 0.05) is 5.02 Å². The lowest BCUT2D eigenvalue weighted by Crippen LogP contribution is -2.39. The van der Waals surface area contributed by atoms with Crippen LogP contribution in [0.15, 0.2) is 18.2 Å². The van der Waals surface area contributed by atoms with E-state index in [0.29, 0.717) is 0 Å². The normalized spacial score (nSPS) is 14.0. The van der Waals surface area contributed by atoms with E-state index < -0.39 is 24.5 Å². The van der Waals surface area contributed by atoms with E-state index in [1.807, 2.05) is 0 Å². The van der Waals surface area contributed by atoms with Gasteiger partial charge in [0.1, 0.15) is 11.9 Å². The number of rotatable bonds is 2. The van der Waals surface area contributed by atoms with E-state index in [9.17, 15) is 17.6 Å². The lowest BCUT2D eigenvalue weighted by Gasteiger charge is -2.15. The second-order valence-corrected chi connectivity index (χ2v) is 3.52. The molecule has 1 atom stereocenters. The Hall–Kier alpha value is -0.810. The summed E-state index contributed by atoms with van der Waals surface area (Å²) < 4.78 is 49.3. The molecule has 0 aromatic heterocycles. The monoisotopic (exact) mass is 241 g/mol. The fraction of sp³-hybridized carbons (Fsp3) is 0.333. The Balaban J connectivity index is 2.82. The van der Waals surface area contributed by atoms with Gasteiger partial charge in [0.25, 0.3) is 0 Å². The summed E-state index contributed by atoms with van der Waals surface area (Å²) in [5.41, 5.74) is 4.77. The summed E-state index contributed by atoms with van der Waals surface area (Å²) in [5.74, 6) is -0.776. The maximum atomic E-state index is 13.1. The van der Waals surface area contributed by atoms with Crippen LogP contribution in [-0.4, -0.2) is 12.2 Å². The zero-order chi connectivity index (χ0) is 11.6. The van der Waals surface area contributed by atoms with Crippen LogP contribution >= 0.6 is 11.6 Å². The second-order valence-electron chi connectivity index (χ2n) is 3.09. The van der Waals surface area contributed by atoms with Crippen LogP contribution in [0.3, 0.4) is 0 Å². The van der Waals surface area contributed by atoms with E-state index in [-0.39, 0.29) is 10.6 Å². The molecule has 6 heteroatoms. The zero-order valence-corrected chi connectivity index (χ0v) is 8.24. The molecule has 15 heavy (non-hydrogen) atoms. The molecule has 0 saturated heterocycles. The van der Waals surface area contributed by atoms with Crippen LogP contribution in [-0.2, 0) is 6.42 Å². The first kappa shape index (κ1) is 12.3. The van der Waals surface area contributed by atoms with Crippen molar-refractivity contribution in [2.24, 2.45) is 5.73 Å². The first-order valence-corrected chi connectivity index (χ1v) is 4.44. The van der Waals surface area contributed by atoms with E-state index in [1.54, 1.807) is 0 Å². The van der Waals surface area contributed by atoms with E-state index in [1.165, 1.54) is 12.1 Å². The van der Waals surface area contributed by atoms with Crippen molar-refractivity contribution in [3.05, 3.63) is 34.6 Å². The van der Waals surface area contributed by atoms with Gasteiger partial charge in [-0.15, -0.1) is 0 Å². The molecule has 0 fully saturated rings. The van der Waals surface area contributed by atoms with Crippen molar-refractivity contribution >= 4 is 11.6 Å². The fourth-order valence-corrected chi connectivity index (χ4v) is 1.20. The molecule has 0 amide bonds. The summed E-state index contributed by atoms with van der Waals surface area (Å²) in [7, 11) is 0. The molecule has 1 unspecified atom stereocenters. The fourth-order valence-electron chi connectivity index (χ4n) is 1.04. The lowest BCUT2D eigenvalue weighted by molar-refractivity contribution is -0.147. The van der Waals surface area contributed by atoms with Gasteiger partial charge in [0.2, 0.25) is 0 Å². The van der Waals surface area contributed by atoms with Gasteiger partial charge in [-0.3, -0.25) is 0 Å². The second kappa shape index (κ2) is 4.37.